The van der Waals surface area contributed by atoms with Crippen LogP contribution in [0.1, 0.15) is 30.5 Å². The fourth-order valence-corrected chi connectivity index (χ4v) is 6.68. The van der Waals surface area contributed by atoms with Crippen LogP contribution < -0.4 is 14.5 Å². The van der Waals surface area contributed by atoms with Crippen molar-refractivity contribution >= 4 is 40.0 Å². The highest BCUT2D eigenvalue weighted by molar-refractivity contribution is 6.36. The van der Waals surface area contributed by atoms with Crippen molar-refractivity contribution in [3.63, 3.8) is 0 Å². The van der Waals surface area contributed by atoms with Gasteiger partial charge in [0.25, 0.3) is 0 Å². The summed E-state index contributed by atoms with van der Waals surface area (Å²) in [5.41, 5.74) is 3.02. The van der Waals surface area contributed by atoms with Crippen LogP contribution in [0.25, 0.3) is 10.8 Å². The minimum absolute atomic E-state index is 0.128. The molecule has 0 saturated carbocycles. The molecule has 3 aliphatic heterocycles. The number of nitrogens with zero attached hydrogens (tertiary/aromatic N) is 7. The molecule has 2 atom stereocenters. The zero-order valence-electron chi connectivity index (χ0n) is 23.2. The van der Waals surface area contributed by atoms with Crippen LogP contribution in [0.4, 0.5) is 16.3 Å². The molecule has 214 valence electrons. The summed E-state index contributed by atoms with van der Waals surface area (Å²) in [5.74, 6) is 0.786. The molecule has 3 aromatic rings. The zero-order valence-corrected chi connectivity index (χ0v) is 23.9. The van der Waals surface area contributed by atoms with Crippen LogP contribution >= 0.6 is 11.6 Å². The molecule has 6 rings (SSSR count). The first-order chi connectivity index (χ1) is 19.9. The Labute approximate surface area is 244 Å². The summed E-state index contributed by atoms with van der Waals surface area (Å²) in [4.78, 5) is 29.8. The normalized spacial score (nSPS) is 21.1. The number of piperazine rings is 1. The van der Waals surface area contributed by atoms with E-state index in [1.807, 2.05) is 12.1 Å². The van der Waals surface area contributed by atoms with Crippen LogP contribution in [0.3, 0.4) is 0 Å². The van der Waals surface area contributed by atoms with E-state index in [1.54, 1.807) is 0 Å². The Bertz CT molecular complexity index is 1490. The molecule has 10 nitrogen and oxygen atoms in total. The molecule has 1 amide bonds. The predicted octanol–water partition coefficient (Wildman–Crippen LogP) is 4.40. The maximum atomic E-state index is 11.8. The van der Waals surface area contributed by atoms with Crippen LogP contribution in [0.15, 0.2) is 36.4 Å². The zero-order chi connectivity index (χ0) is 28.5. The summed E-state index contributed by atoms with van der Waals surface area (Å²) >= 11 is 6.67. The van der Waals surface area contributed by atoms with Gasteiger partial charge in [0.15, 0.2) is 0 Å². The average molecular weight is 576 g/mol. The SMILES string of the molecule is CN1CCC[C@@H]1COc1nc2c(c(N3CCN(C(=O)O)[C@@H](CC#N)C3)n1)CCN(c1cccc3cccc(Cl)c13)C2. The number of aromatic nitrogens is 2. The van der Waals surface area contributed by atoms with Gasteiger partial charge in [-0.05, 0) is 50.4 Å². The second-order valence-electron chi connectivity index (χ2n) is 11.1. The number of likely N-dealkylation sites (tertiary alicyclic amines) is 1. The Kier molecular flexibility index (Phi) is 7.73. The van der Waals surface area contributed by atoms with Crippen molar-refractivity contribution in [3.05, 3.63) is 52.7 Å². The van der Waals surface area contributed by atoms with Crippen LogP contribution in [-0.2, 0) is 13.0 Å². The van der Waals surface area contributed by atoms with E-state index in [1.165, 1.54) is 4.90 Å². The average Bonchev–Trinajstić information content (AvgIpc) is 3.39. The highest BCUT2D eigenvalue weighted by atomic mass is 35.5. The van der Waals surface area contributed by atoms with Crippen molar-refractivity contribution in [1.82, 2.24) is 19.8 Å². The van der Waals surface area contributed by atoms with Gasteiger partial charge in [-0.1, -0.05) is 35.9 Å². The number of fused-ring (bicyclic) bond motifs is 2. The van der Waals surface area contributed by atoms with E-state index in [2.05, 4.69) is 52.1 Å². The molecule has 2 aromatic carbocycles. The number of halogens is 1. The van der Waals surface area contributed by atoms with E-state index in [0.29, 0.717) is 44.8 Å². The molecule has 0 radical (unpaired) electrons. The summed E-state index contributed by atoms with van der Waals surface area (Å²) < 4.78 is 6.23. The smallest absolute Gasteiger partial charge is 0.407 e. The van der Waals surface area contributed by atoms with Gasteiger partial charge in [0, 0.05) is 48.9 Å². The summed E-state index contributed by atoms with van der Waals surface area (Å²) in [6.45, 7) is 4.11. The number of benzene rings is 2. The van der Waals surface area contributed by atoms with Crippen molar-refractivity contribution in [2.45, 2.75) is 44.3 Å². The third kappa shape index (κ3) is 5.44. The molecule has 4 heterocycles. The molecular weight excluding hydrogens is 542 g/mol. The number of hydrogen-bond acceptors (Lipinski definition) is 8. The van der Waals surface area contributed by atoms with Gasteiger partial charge in [0.1, 0.15) is 12.4 Å². The molecular formula is C30H34ClN7O3. The molecule has 0 unspecified atom stereocenters. The topological polar surface area (TPSA) is 109 Å². The Morgan fingerprint density at radius 2 is 1.95 bits per heavy atom. The van der Waals surface area contributed by atoms with E-state index in [4.69, 9.17) is 26.3 Å². The number of nitriles is 1. The van der Waals surface area contributed by atoms with E-state index < -0.39 is 12.1 Å². The van der Waals surface area contributed by atoms with Gasteiger partial charge < -0.3 is 29.4 Å². The minimum atomic E-state index is -0.997. The number of rotatable bonds is 6. The number of carbonyl (C=O) groups is 1. The highest BCUT2D eigenvalue weighted by Gasteiger charge is 2.34. The Morgan fingerprint density at radius 1 is 1.12 bits per heavy atom. The Morgan fingerprint density at radius 3 is 2.71 bits per heavy atom. The molecule has 11 heteroatoms. The molecule has 2 fully saturated rings. The van der Waals surface area contributed by atoms with Gasteiger partial charge in [0.05, 0.1) is 35.8 Å². The molecule has 0 bridgehead atoms. The van der Waals surface area contributed by atoms with Gasteiger partial charge in [-0.2, -0.15) is 15.2 Å². The number of ether oxygens (including phenoxy) is 1. The number of hydrogen-bond donors (Lipinski definition) is 1. The quantitative estimate of drug-likeness (QED) is 0.457. The Balaban J connectivity index is 1.34. The van der Waals surface area contributed by atoms with Crippen LogP contribution in [0.5, 0.6) is 6.01 Å². The number of carboxylic acid groups (broad SMARTS) is 1. The number of amides is 1. The van der Waals surface area contributed by atoms with Crippen molar-refractivity contribution in [2.75, 3.05) is 56.2 Å². The lowest BCUT2D eigenvalue weighted by Gasteiger charge is -2.41. The second kappa shape index (κ2) is 11.6. The van der Waals surface area contributed by atoms with Crippen molar-refractivity contribution < 1.29 is 14.6 Å². The maximum Gasteiger partial charge on any atom is 0.407 e. The molecule has 0 spiro atoms. The van der Waals surface area contributed by atoms with Crippen LogP contribution in [0, 0.1) is 11.3 Å². The van der Waals surface area contributed by atoms with Gasteiger partial charge in [-0.15, -0.1) is 0 Å². The number of likely N-dealkylation sites (N-methyl/N-ethyl adjacent to an activating group) is 1. The highest BCUT2D eigenvalue weighted by Crippen LogP contribution is 2.37. The standard InChI is InChI=1S/C30H34ClN7O3/c1-35-13-4-7-22(35)19-41-29-33-25-18-36(26-9-3-6-20-5-2-8-24(31)27(20)26)14-11-23(25)28(34-29)37-15-16-38(30(39)40)21(17-37)10-12-32/h2-3,5-6,8-9,21-22H,4,7,10-11,13-19H2,1H3,(H,39,40)/t21-,22+/m0/s1. The van der Waals surface area contributed by atoms with Crippen molar-refractivity contribution in [2.24, 2.45) is 0 Å². The van der Waals surface area contributed by atoms with E-state index in [9.17, 15) is 15.2 Å². The van der Waals surface area contributed by atoms with Crippen molar-refractivity contribution in [1.29, 1.82) is 5.26 Å². The van der Waals surface area contributed by atoms with Crippen LogP contribution in [-0.4, -0.2) is 89.4 Å². The lowest BCUT2D eigenvalue weighted by molar-refractivity contribution is 0.119. The lowest BCUT2D eigenvalue weighted by Crippen LogP contribution is -2.55. The number of anilines is 2. The fraction of sp³-hybridized carbons (Fsp3) is 0.467. The van der Waals surface area contributed by atoms with Crippen LogP contribution in [0.2, 0.25) is 5.02 Å². The van der Waals surface area contributed by atoms with E-state index in [-0.39, 0.29) is 6.42 Å². The minimum Gasteiger partial charge on any atom is -0.465 e. The van der Waals surface area contributed by atoms with Gasteiger partial charge in [0.2, 0.25) is 0 Å². The lowest BCUT2D eigenvalue weighted by atomic mass is 10.0. The third-order valence-electron chi connectivity index (χ3n) is 8.63. The van der Waals surface area contributed by atoms with E-state index in [0.717, 1.165) is 70.9 Å². The van der Waals surface area contributed by atoms with Gasteiger partial charge in [-0.25, -0.2) is 4.79 Å². The summed E-state index contributed by atoms with van der Waals surface area (Å²) in [5, 5.41) is 21.9. The molecule has 1 N–H and O–H groups in total. The molecule has 41 heavy (non-hydrogen) atoms. The second-order valence-corrected chi connectivity index (χ2v) is 11.5. The predicted molar refractivity (Wildman–Crippen MR) is 158 cm³/mol. The summed E-state index contributed by atoms with van der Waals surface area (Å²) in [6.07, 6.45) is 2.08. The molecule has 0 aliphatic carbocycles. The fourth-order valence-electron chi connectivity index (χ4n) is 6.40. The molecule has 3 aliphatic rings. The summed E-state index contributed by atoms with van der Waals surface area (Å²) in [6, 6.07) is 14.6. The summed E-state index contributed by atoms with van der Waals surface area (Å²) in [7, 11) is 2.12. The first-order valence-corrected chi connectivity index (χ1v) is 14.6. The monoisotopic (exact) mass is 575 g/mol. The maximum absolute atomic E-state index is 11.8. The largest absolute Gasteiger partial charge is 0.465 e. The van der Waals surface area contributed by atoms with Gasteiger partial charge in [-0.3, -0.25) is 0 Å². The van der Waals surface area contributed by atoms with Crippen molar-refractivity contribution in [3.8, 4) is 12.1 Å². The first kappa shape index (κ1) is 27.4. The van der Waals surface area contributed by atoms with E-state index >= 15 is 0 Å². The molecule has 2 saturated heterocycles. The molecule has 1 aromatic heterocycles. The first-order valence-electron chi connectivity index (χ1n) is 14.2. The Hall–Kier alpha value is -3.81. The third-order valence-corrected chi connectivity index (χ3v) is 8.94. The van der Waals surface area contributed by atoms with Gasteiger partial charge >= 0.3 is 12.1 Å².